The van der Waals surface area contributed by atoms with Gasteiger partial charge < -0.3 is 19.3 Å². The molecule has 0 spiro atoms. The fourth-order valence-electron chi connectivity index (χ4n) is 3.40. The van der Waals surface area contributed by atoms with Gasteiger partial charge in [0.25, 0.3) is 0 Å². The highest BCUT2D eigenvalue weighted by Crippen LogP contribution is 2.31. The van der Waals surface area contributed by atoms with E-state index in [0.29, 0.717) is 32.1 Å². The fourth-order valence-corrected chi connectivity index (χ4v) is 3.40. The number of anilines is 1. The minimum atomic E-state index is -0.354. The van der Waals surface area contributed by atoms with Gasteiger partial charge in [0.2, 0.25) is 11.8 Å². The second-order valence-corrected chi connectivity index (χ2v) is 7.09. The van der Waals surface area contributed by atoms with Gasteiger partial charge in [0, 0.05) is 38.3 Å². The summed E-state index contributed by atoms with van der Waals surface area (Å²) in [7, 11) is 0. The van der Waals surface area contributed by atoms with Crippen molar-refractivity contribution in [2.24, 2.45) is 0 Å². The van der Waals surface area contributed by atoms with Crippen LogP contribution in [-0.2, 0) is 25.7 Å². The third-order valence-electron chi connectivity index (χ3n) is 4.92. The van der Waals surface area contributed by atoms with Crippen LogP contribution in [0.4, 0.5) is 5.69 Å². The van der Waals surface area contributed by atoms with Gasteiger partial charge >= 0.3 is 5.97 Å². The number of hydrogen-bond donors (Lipinski definition) is 0. The number of carbonyl (C=O) groups excluding carboxylic acids is 3. The molecule has 164 valence electrons. The van der Waals surface area contributed by atoms with Crippen molar-refractivity contribution in [3.8, 4) is 5.75 Å². The van der Waals surface area contributed by atoms with Crippen LogP contribution in [0, 0.1) is 0 Å². The minimum absolute atomic E-state index is 0.0570. The smallest absolute Gasteiger partial charge is 0.307 e. The predicted octanol–water partition coefficient (Wildman–Crippen LogP) is 2.57. The van der Waals surface area contributed by atoms with E-state index in [9.17, 15) is 14.4 Å². The van der Waals surface area contributed by atoms with Crippen LogP contribution in [0.3, 0.4) is 0 Å². The van der Waals surface area contributed by atoms with E-state index in [1.54, 1.807) is 35.2 Å². The van der Waals surface area contributed by atoms with Crippen molar-refractivity contribution in [2.75, 3.05) is 31.2 Å². The quantitative estimate of drug-likeness (QED) is 0.574. The lowest BCUT2D eigenvalue weighted by Gasteiger charge is -2.29. The molecule has 0 atom stereocenters. The zero-order valence-corrected chi connectivity index (χ0v) is 17.7. The van der Waals surface area contributed by atoms with E-state index < -0.39 is 0 Å². The van der Waals surface area contributed by atoms with E-state index in [0.717, 1.165) is 11.3 Å². The maximum atomic E-state index is 12.9. The molecule has 0 aliphatic carbocycles. The number of carbonyl (C=O) groups is 3. The molecule has 0 fully saturated rings. The third-order valence-corrected chi connectivity index (χ3v) is 4.92. The van der Waals surface area contributed by atoms with Crippen LogP contribution in [0.15, 0.2) is 48.8 Å². The lowest BCUT2D eigenvalue weighted by atomic mass is 10.1. The van der Waals surface area contributed by atoms with Crippen molar-refractivity contribution in [3.05, 3.63) is 54.4 Å². The minimum Gasteiger partial charge on any atom is -0.490 e. The van der Waals surface area contributed by atoms with Crippen LogP contribution in [0.2, 0.25) is 0 Å². The number of amides is 2. The number of fused-ring (bicyclic) bond motifs is 1. The first kappa shape index (κ1) is 22.3. The monoisotopic (exact) mass is 425 g/mol. The molecule has 0 saturated heterocycles. The van der Waals surface area contributed by atoms with Crippen molar-refractivity contribution in [1.82, 2.24) is 9.88 Å². The van der Waals surface area contributed by atoms with Gasteiger partial charge in [-0.25, -0.2) is 0 Å². The van der Waals surface area contributed by atoms with Gasteiger partial charge in [-0.2, -0.15) is 0 Å². The van der Waals surface area contributed by atoms with Crippen molar-refractivity contribution < 1.29 is 23.9 Å². The summed E-state index contributed by atoms with van der Waals surface area (Å²) >= 11 is 0. The molecule has 1 aromatic carbocycles. The normalized spacial score (nSPS) is 12.5. The van der Waals surface area contributed by atoms with Gasteiger partial charge in [-0.3, -0.25) is 19.4 Å². The molecule has 2 amide bonds. The Morgan fingerprint density at radius 1 is 1.13 bits per heavy atom. The zero-order valence-electron chi connectivity index (χ0n) is 17.7. The maximum absolute atomic E-state index is 12.9. The van der Waals surface area contributed by atoms with Crippen molar-refractivity contribution in [1.29, 1.82) is 0 Å². The highest BCUT2D eigenvalue weighted by Gasteiger charge is 2.24. The SMILES string of the molecule is CCOC(=O)CCN(Cc1cccnc1)C(=O)CCC(=O)N1CCOc2ccccc21. The number of hydrogen-bond acceptors (Lipinski definition) is 6. The highest BCUT2D eigenvalue weighted by atomic mass is 16.5. The first-order valence-electron chi connectivity index (χ1n) is 10.4. The van der Waals surface area contributed by atoms with Crippen molar-refractivity contribution in [3.63, 3.8) is 0 Å². The van der Waals surface area contributed by atoms with Crippen molar-refractivity contribution in [2.45, 2.75) is 32.7 Å². The molecule has 31 heavy (non-hydrogen) atoms. The summed E-state index contributed by atoms with van der Waals surface area (Å²) in [6, 6.07) is 11.0. The summed E-state index contributed by atoms with van der Waals surface area (Å²) < 4.78 is 10.6. The average molecular weight is 425 g/mol. The van der Waals surface area contributed by atoms with Crippen LogP contribution < -0.4 is 9.64 Å². The summed E-state index contributed by atoms with van der Waals surface area (Å²) in [6.45, 7) is 3.45. The summed E-state index contributed by atoms with van der Waals surface area (Å²) in [5.74, 6) is -0.00702. The van der Waals surface area contributed by atoms with Gasteiger partial charge in [-0.15, -0.1) is 0 Å². The van der Waals surface area contributed by atoms with E-state index in [-0.39, 0.29) is 43.6 Å². The number of benzene rings is 1. The maximum Gasteiger partial charge on any atom is 0.307 e. The number of ether oxygens (including phenoxy) is 2. The van der Waals surface area contributed by atoms with Gasteiger partial charge in [-0.1, -0.05) is 18.2 Å². The summed E-state index contributed by atoms with van der Waals surface area (Å²) in [6.07, 6.45) is 3.58. The highest BCUT2D eigenvalue weighted by molar-refractivity contribution is 5.97. The lowest BCUT2D eigenvalue weighted by molar-refractivity contribution is -0.144. The Hall–Kier alpha value is -3.42. The second kappa shape index (κ2) is 11.1. The third kappa shape index (κ3) is 6.28. The molecule has 0 unspecified atom stereocenters. The molecule has 1 aliphatic heterocycles. The number of aromatic nitrogens is 1. The van der Waals surface area contributed by atoms with Crippen LogP contribution in [-0.4, -0.2) is 54.0 Å². The van der Waals surface area contributed by atoms with Crippen LogP contribution in [0.5, 0.6) is 5.75 Å². The van der Waals surface area contributed by atoms with Crippen molar-refractivity contribution >= 4 is 23.5 Å². The molecule has 0 saturated carbocycles. The molecule has 8 nitrogen and oxygen atoms in total. The Morgan fingerprint density at radius 2 is 1.97 bits per heavy atom. The standard InChI is InChI=1S/C23H27N3O5/c1-2-30-23(29)11-13-25(17-18-6-5-12-24-16-18)21(27)9-10-22(28)26-14-15-31-20-8-4-3-7-19(20)26/h3-8,12,16H,2,9-11,13-15,17H2,1H3. The molecule has 3 rings (SSSR count). The van der Waals surface area contributed by atoms with E-state index in [1.165, 1.54) is 0 Å². The van der Waals surface area contributed by atoms with E-state index in [1.807, 2.05) is 30.3 Å². The van der Waals surface area contributed by atoms with Gasteiger partial charge in [-0.05, 0) is 30.7 Å². The van der Waals surface area contributed by atoms with Gasteiger partial charge in [0.15, 0.2) is 0 Å². The van der Waals surface area contributed by atoms with E-state index >= 15 is 0 Å². The molecule has 1 aromatic heterocycles. The Balaban J connectivity index is 1.61. The van der Waals surface area contributed by atoms with Crippen LogP contribution >= 0.6 is 0 Å². The number of nitrogens with zero attached hydrogens (tertiary/aromatic N) is 3. The first-order chi connectivity index (χ1) is 15.1. The fraction of sp³-hybridized carbons (Fsp3) is 0.391. The van der Waals surface area contributed by atoms with E-state index in [2.05, 4.69) is 4.98 Å². The Kier molecular flexibility index (Phi) is 7.98. The predicted molar refractivity (Wildman–Crippen MR) is 114 cm³/mol. The van der Waals surface area contributed by atoms with Gasteiger partial charge in [0.1, 0.15) is 12.4 Å². The molecule has 8 heteroatoms. The lowest BCUT2D eigenvalue weighted by Crippen LogP contribution is -2.39. The van der Waals surface area contributed by atoms with Gasteiger partial charge in [0.05, 0.1) is 25.3 Å². The molecule has 1 aliphatic rings. The average Bonchev–Trinajstić information content (AvgIpc) is 2.80. The summed E-state index contributed by atoms with van der Waals surface area (Å²) in [5, 5.41) is 0. The largest absolute Gasteiger partial charge is 0.490 e. The summed E-state index contributed by atoms with van der Waals surface area (Å²) in [5.41, 5.74) is 1.58. The molecule has 0 bridgehead atoms. The molecule has 0 N–H and O–H groups in total. The molecule has 2 heterocycles. The number of esters is 1. The number of pyridine rings is 1. The van der Waals surface area contributed by atoms with Crippen LogP contribution in [0.1, 0.15) is 31.7 Å². The Morgan fingerprint density at radius 3 is 2.74 bits per heavy atom. The number of rotatable bonds is 9. The molecular weight excluding hydrogens is 398 g/mol. The summed E-state index contributed by atoms with van der Waals surface area (Å²) in [4.78, 5) is 44.8. The second-order valence-electron chi connectivity index (χ2n) is 7.09. The first-order valence-corrected chi connectivity index (χ1v) is 10.4. The molecule has 2 aromatic rings. The number of para-hydroxylation sites is 2. The molecule has 0 radical (unpaired) electrons. The zero-order chi connectivity index (χ0) is 22.1. The van der Waals surface area contributed by atoms with Crippen LogP contribution in [0.25, 0.3) is 0 Å². The van der Waals surface area contributed by atoms with E-state index in [4.69, 9.17) is 9.47 Å². The Labute approximate surface area is 181 Å². The molecular formula is C23H27N3O5. The topological polar surface area (TPSA) is 89.0 Å². The Bertz CT molecular complexity index is 903.